The van der Waals surface area contributed by atoms with Gasteiger partial charge in [-0.15, -0.1) is 0 Å². The number of nitrogen functional groups attached to an aromatic ring is 1. The van der Waals surface area contributed by atoms with Crippen LogP contribution in [0.4, 0.5) is 5.69 Å². The summed E-state index contributed by atoms with van der Waals surface area (Å²) >= 11 is 8.84. The van der Waals surface area contributed by atoms with E-state index in [2.05, 4.69) is 20.9 Å². The molecule has 48 valence electrons. The van der Waals surface area contributed by atoms with Crippen molar-refractivity contribution in [2.75, 3.05) is 5.73 Å². The van der Waals surface area contributed by atoms with Crippen LogP contribution in [0.1, 0.15) is 0 Å². The van der Waals surface area contributed by atoms with Crippen molar-refractivity contribution in [3.8, 4) is 0 Å². The van der Waals surface area contributed by atoms with Crippen LogP contribution in [0.15, 0.2) is 16.9 Å². The number of anilines is 1. The van der Waals surface area contributed by atoms with Crippen LogP contribution >= 0.6 is 27.5 Å². The largest absolute Gasteiger partial charge is 0.396 e. The average molecular weight is 207 g/mol. The lowest BCUT2D eigenvalue weighted by Crippen LogP contribution is -1.87. The first-order valence-corrected chi connectivity index (χ1v) is 3.43. The number of hydrogen-bond acceptors (Lipinski definition) is 2. The third-order valence-corrected chi connectivity index (χ3v) is 2.12. The Kier molecular flexibility index (Phi) is 1.93. The van der Waals surface area contributed by atoms with Gasteiger partial charge in [0.15, 0.2) is 0 Å². The van der Waals surface area contributed by atoms with E-state index in [0.717, 1.165) is 4.47 Å². The molecule has 1 rings (SSSR count). The maximum Gasteiger partial charge on any atom is 0.0808 e. The number of nitrogens with zero attached hydrogens (tertiary/aromatic N) is 1. The van der Waals surface area contributed by atoms with Gasteiger partial charge in [0.1, 0.15) is 0 Å². The van der Waals surface area contributed by atoms with Gasteiger partial charge < -0.3 is 5.73 Å². The zero-order valence-electron chi connectivity index (χ0n) is 4.44. The smallest absolute Gasteiger partial charge is 0.0808 e. The van der Waals surface area contributed by atoms with Gasteiger partial charge in [0, 0.05) is 6.20 Å². The third kappa shape index (κ3) is 1.34. The lowest BCUT2D eigenvalue weighted by atomic mass is 10.4. The molecule has 0 amide bonds. The fourth-order valence-corrected chi connectivity index (χ4v) is 0.879. The predicted molar refractivity (Wildman–Crippen MR) is 41.4 cm³/mol. The van der Waals surface area contributed by atoms with Crippen LogP contribution in [0.2, 0.25) is 5.02 Å². The number of rotatable bonds is 0. The highest BCUT2D eigenvalue weighted by Gasteiger charge is 1.98. The van der Waals surface area contributed by atoms with E-state index in [-0.39, 0.29) is 0 Å². The summed E-state index contributed by atoms with van der Waals surface area (Å²) in [7, 11) is 0. The van der Waals surface area contributed by atoms with E-state index < -0.39 is 0 Å². The van der Waals surface area contributed by atoms with Gasteiger partial charge in [-0.1, -0.05) is 11.6 Å². The lowest BCUT2D eigenvalue weighted by Gasteiger charge is -1.95. The van der Waals surface area contributed by atoms with Crippen molar-refractivity contribution in [3.05, 3.63) is 21.9 Å². The topological polar surface area (TPSA) is 38.9 Å². The van der Waals surface area contributed by atoms with E-state index in [1.807, 2.05) is 0 Å². The second kappa shape index (κ2) is 2.54. The van der Waals surface area contributed by atoms with E-state index in [1.165, 1.54) is 6.20 Å². The molecule has 9 heavy (non-hydrogen) atoms. The SMILES string of the molecule is Nc1cncc(Br)c1Cl. The molecule has 2 N–H and O–H groups in total. The van der Waals surface area contributed by atoms with Gasteiger partial charge in [-0.2, -0.15) is 0 Å². The minimum Gasteiger partial charge on any atom is -0.396 e. The monoisotopic (exact) mass is 206 g/mol. The maximum absolute atomic E-state index is 5.67. The van der Waals surface area contributed by atoms with E-state index in [9.17, 15) is 0 Å². The predicted octanol–water partition coefficient (Wildman–Crippen LogP) is 2.08. The Bertz CT molecular complexity index is 206. The van der Waals surface area contributed by atoms with Crippen molar-refractivity contribution in [2.45, 2.75) is 0 Å². The molecule has 0 aliphatic carbocycles. The van der Waals surface area contributed by atoms with E-state index in [4.69, 9.17) is 17.3 Å². The Morgan fingerprint density at radius 3 is 2.67 bits per heavy atom. The maximum atomic E-state index is 5.67. The Morgan fingerprint density at radius 2 is 2.22 bits per heavy atom. The molecule has 2 nitrogen and oxygen atoms in total. The first-order chi connectivity index (χ1) is 4.22. The summed E-state index contributed by atoms with van der Waals surface area (Å²) in [6, 6.07) is 0. The molecular weight excluding hydrogens is 203 g/mol. The molecule has 4 heteroatoms. The van der Waals surface area contributed by atoms with Crippen LogP contribution < -0.4 is 5.73 Å². The van der Waals surface area contributed by atoms with Gasteiger partial charge in [-0.3, -0.25) is 4.98 Å². The Balaban J connectivity index is 3.25. The van der Waals surface area contributed by atoms with E-state index >= 15 is 0 Å². The van der Waals surface area contributed by atoms with Crippen LogP contribution in [0.3, 0.4) is 0 Å². The molecule has 0 saturated carbocycles. The summed E-state index contributed by atoms with van der Waals surface area (Å²) < 4.78 is 0.726. The quantitative estimate of drug-likeness (QED) is 0.707. The Labute approximate surface area is 66.2 Å². The summed E-state index contributed by atoms with van der Waals surface area (Å²) in [4.78, 5) is 3.79. The fraction of sp³-hybridized carbons (Fsp3) is 0. The molecule has 0 saturated heterocycles. The number of nitrogens with two attached hydrogens (primary N) is 1. The first-order valence-electron chi connectivity index (χ1n) is 2.26. The molecule has 0 fully saturated rings. The summed E-state index contributed by atoms with van der Waals surface area (Å²) in [5.41, 5.74) is 5.89. The number of hydrogen-bond donors (Lipinski definition) is 1. The van der Waals surface area contributed by atoms with Gasteiger partial charge in [0.2, 0.25) is 0 Å². The second-order valence-electron chi connectivity index (χ2n) is 1.52. The molecule has 0 spiro atoms. The van der Waals surface area contributed by atoms with Gasteiger partial charge >= 0.3 is 0 Å². The molecule has 1 aromatic rings. The molecule has 1 heterocycles. The van der Waals surface area contributed by atoms with Crippen LogP contribution in [-0.4, -0.2) is 4.98 Å². The molecule has 0 radical (unpaired) electrons. The highest BCUT2D eigenvalue weighted by molar-refractivity contribution is 9.10. The molecule has 1 aromatic heterocycles. The van der Waals surface area contributed by atoms with Gasteiger partial charge in [0.05, 0.1) is 21.4 Å². The van der Waals surface area contributed by atoms with Crippen molar-refractivity contribution >= 4 is 33.2 Å². The highest BCUT2D eigenvalue weighted by atomic mass is 79.9. The van der Waals surface area contributed by atoms with Crippen molar-refractivity contribution in [1.29, 1.82) is 0 Å². The molecule has 0 atom stereocenters. The summed E-state index contributed by atoms with van der Waals surface area (Å²) in [5, 5.41) is 0.519. The minimum atomic E-state index is 0.492. The van der Waals surface area contributed by atoms with Crippen LogP contribution in [0.25, 0.3) is 0 Å². The van der Waals surface area contributed by atoms with Gasteiger partial charge in [-0.05, 0) is 15.9 Å². The summed E-state index contributed by atoms with van der Waals surface area (Å²) in [6.45, 7) is 0. The van der Waals surface area contributed by atoms with Gasteiger partial charge in [0.25, 0.3) is 0 Å². The van der Waals surface area contributed by atoms with E-state index in [0.29, 0.717) is 10.7 Å². The van der Waals surface area contributed by atoms with Crippen LogP contribution in [-0.2, 0) is 0 Å². The zero-order valence-corrected chi connectivity index (χ0v) is 6.78. The number of halogens is 2. The van der Waals surface area contributed by atoms with E-state index in [1.54, 1.807) is 6.20 Å². The average Bonchev–Trinajstić information content (AvgIpc) is 1.83. The number of pyridine rings is 1. The zero-order chi connectivity index (χ0) is 6.85. The first kappa shape index (κ1) is 6.83. The Morgan fingerprint density at radius 1 is 1.56 bits per heavy atom. The van der Waals surface area contributed by atoms with Gasteiger partial charge in [-0.25, -0.2) is 0 Å². The minimum absolute atomic E-state index is 0.492. The van der Waals surface area contributed by atoms with Crippen molar-refractivity contribution in [3.63, 3.8) is 0 Å². The lowest BCUT2D eigenvalue weighted by molar-refractivity contribution is 1.31. The molecule has 0 bridgehead atoms. The molecule has 0 aliphatic rings. The third-order valence-electron chi connectivity index (χ3n) is 0.865. The molecule has 0 aliphatic heterocycles. The molecule has 0 aromatic carbocycles. The summed E-state index contributed by atoms with van der Waals surface area (Å²) in [5.74, 6) is 0. The standard InChI is InChI=1S/C5H4BrClN2/c6-3-1-9-2-4(8)5(3)7/h1-2H,8H2. The second-order valence-corrected chi connectivity index (χ2v) is 2.76. The van der Waals surface area contributed by atoms with Crippen molar-refractivity contribution in [2.24, 2.45) is 0 Å². The normalized spacial score (nSPS) is 9.56. The number of aromatic nitrogens is 1. The molecular formula is C5H4BrClN2. The Hall–Kier alpha value is -0.280. The summed E-state index contributed by atoms with van der Waals surface area (Å²) in [6.07, 6.45) is 3.10. The van der Waals surface area contributed by atoms with Crippen molar-refractivity contribution in [1.82, 2.24) is 4.98 Å². The van der Waals surface area contributed by atoms with Crippen LogP contribution in [0.5, 0.6) is 0 Å². The fourth-order valence-electron chi connectivity index (χ4n) is 0.434. The molecule has 0 unspecified atom stereocenters. The van der Waals surface area contributed by atoms with Crippen LogP contribution in [0, 0.1) is 0 Å². The highest BCUT2D eigenvalue weighted by Crippen LogP contribution is 2.25. The van der Waals surface area contributed by atoms with Crippen molar-refractivity contribution < 1.29 is 0 Å².